The molecule has 1 aromatic carbocycles. The van der Waals surface area contributed by atoms with Gasteiger partial charge in [0.1, 0.15) is 11.9 Å². The van der Waals surface area contributed by atoms with Crippen LogP contribution >= 0.6 is 11.8 Å². The third kappa shape index (κ3) is 4.77. The van der Waals surface area contributed by atoms with Gasteiger partial charge in [0.25, 0.3) is 0 Å². The van der Waals surface area contributed by atoms with Crippen LogP contribution in [0.5, 0.6) is 0 Å². The zero-order valence-corrected chi connectivity index (χ0v) is 17.2. The van der Waals surface area contributed by atoms with Crippen LogP contribution in [-0.2, 0) is 9.53 Å². The monoisotopic (exact) mass is 399 g/mol. The van der Waals surface area contributed by atoms with E-state index >= 15 is 0 Å². The number of nitrogens with zero attached hydrogens (tertiary/aromatic N) is 3. The number of benzene rings is 1. The number of hydrogen-bond acceptors (Lipinski definition) is 5. The molecule has 0 saturated heterocycles. The number of carbonyl (C=O) groups is 1. The van der Waals surface area contributed by atoms with Crippen LogP contribution in [0.15, 0.2) is 35.5 Å². The molecule has 2 aromatic rings. The van der Waals surface area contributed by atoms with Gasteiger partial charge in [0.05, 0.1) is 5.75 Å². The second-order valence-corrected chi connectivity index (χ2v) is 8.83. The summed E-state index contributed by atoms with van der Waals surface area (Å²) in [6.45, 7) is 0. The zero-order valence-electron chi connectivity index (χ0n) is 16.4. The highest BCUT2D eigenvalue weighted by Gasteiger charge is 2.25. The smallest absolute Gasteiger partial charge is 0.316 e. The summed E-state index contributed by atoms with van der Waals surface area (Å²) in [5, 5.41) is 9.79. The first-order valence-corrected chi connectivity index (χ1v) is 11.6. The SMILES string of the molecule is O=C(CSc1nnc(C2CCCCC2)n1-c1ccccc1)OC1CCCCC1. The van der Waals surface area contributed by atoms with Crippen molar-refractivity contribution in [2.75, 3.05) is 5.75 Å². The zero-order chi connectivity index (χ0) is 19.2. The fraction of sp³-hybridized carbons (Fsp3) is 0.591. The minimum absolute atomic E-state index is 0.103. The molecule has 0 bridgehead atoms. The fourth-order valence-electron chi connectivity index (χ4n) is 4.35. The van der Waals surface area contributed by atoms with E-state index in [1.807, 2.05) is 18.2 Å². The normalized spacial score (nSPS) is 18.9. The summed E-state index contributed by atoms with van der Waals surface area (Å²) in [7, 11) is 0. The maximum absolute atomic E-state index is 12.3. The first kappa shape index (κ1) is 19.5. The molecule has 0 aliphatic heterocycles. The third-order valence-corrected chi connectivity index (χ3v) is 6.71. The van der Waals surface area contributed by atoms with Gasteiger partial charge in [-0.2, -0.15) is 0 Å². The van der Waals surface area contributed by atoms with Crippen LogP contribution in [0.3, 0.4) is 0 Å². The van der Waals surface area contributed by atoms with Gasteiger partial charge in [-0.1, -0.05) is 55.6 Å². The number of carbonyl (C=O) groups excluding carboxylic acids is 1. The molecule has 5 nitrogen and oxygen atoms in total. The summed E-state index contributed by atoms with van der Waals surface area (Å²) in [6, 6.07) is 10.3. The van der Waals surface area contributed by atoms with Gasteiger partial charge < -0.3 is 4.74 Å². The number of rotatable bonds is 6. The lowest BCUT2D eigenvalue weighted by atomic mass is 9.88. The van der Waals surface area contributed by atoms with Crippen molar-refractivity contribution >= 4 is 17.7 Å². The second-order valence-electron chi connectivity index (χ2n) is 7.89. The van der Waals surface area contributed by atoms with Gasteiger partial charge in [-0.15, -0.1) is 10.2 Å². The molecule has 2 aliphatic carbocycles. The van der Waals surface area contributed by atoms with E-state index in [0.717, 1.165) is 42.4 Å². The third-order valence-electron chi connectivity index (χ3n) is 5.81. The minimum Gasteiger partial charge on any atom is -0.462 e. The van der Waals surface area contributed by atoms with Gasteiger partial charge in [-0.05, 0) is 50.7 Å². The molecular formula is C22H29N3O2S. The summed E-state index contributed by atoms with van der Waals surface area (Å²) in [5.74, 6) is 1.63. The number of para-hydroxylation sites is 1. The number of thioether (sulfide) groups is 1. The highest BCUT2D eigenvalue weighted by molar-refractivity contribution is 7.99. The molecule has 4 rings (SSSR count). The van der Waals surface area contributed by atoms with Crippen molar-refractivity contribution < 1.29 is 9.53 Å². The van der Waals surface area contributed by atoms with E-state index in [1.54, 1.807) is 0 Å². The highest BCUT2D eigenvalue weighted by atomic mass is 32.2. The van der Waals surface area contributed by atoms with Crippen LogP contribution in [0.2, 0.25) is 0 Å². The van der Waals surface area contributed by atoms with Gasteiger partial charge >= 0.3 is 5.97 Å². The van der Waals surface area contributed by atoms with Crippen molar-refractivity contribution in [3.05, 3.63) is 36.2 Å². The lowest BCUT2D eigenvalue weighted by molar-refractivity contribution is -0.147. The van der Waals surface area contributed by atoms with Crippen LogP contribution in [0.25, 0.3) is 5.69 Å². The molecule has 0 radical (unpaired) electrons. The Bertz CT molecular complexity index is 765. The standard InChI is InChI=1S/C22H29N3O2S/c26-20(27-19-14-8-3-9-15-19)16-28-22-24-23-21(17-10-4-1-5-11-17)25(22)18-12-6-2-7-13-18/h2,6-7,12-13,17,19H,1,3-5,8-11,14-16H2. The van der Waals surface area contributed by atoms with Crippen LogP contribution in [0, 0.1) is 0 Å². The van der Waals surface area contributed by atoms with Crippen LogP contribution in [0.4, 0.5) is 0 Å². The fourth-order valence-corrected chi connectivity index (χ4v) is 5.09. The molecule has 0 unspecified atom stereocenters. The van der Waals surface area contributed by atoms with Crippen LogP contribution in [-0.4, -0.2) is 32.6 Å². The number of aromatic nitrogens is 3. The number of esters is 1. The molecule has 1 aromatic heterocycles. The number of ether oxygens (including phenoxy) is 1. The molecule has 2 fully saturated rings. The van der Waals surface area contributed by atoms with Crippen molar-refractivity contribution in [2.24, 2.45) is 0 Å². The van der Waals surface area contributed by atoms with Crippen molar-refractivity contribution in [1.82, 2.24) is 14.8 Å². The van der Waals surface area contributed by atoms with E-state index in [2.05, 4.69) is 26.9 Å². The summed E-state index contributed by atoms with van der Waals surface area (Å²) in [4.78, 5) is 12.3. The highest BCUT2D eigenvalue weighted by Crippen LogP contribution is 2.35. The maximum Gasteiger partial charge on any atom is 0.316 e. The topological polar surface area (TPSA) is 57.0 Å². The van der Waals surface area contributed by atoms with Crippen molar-refractivity contribution in [1.29, 1.82) is 0 Å². The molecule has 6 heteroatoms. The maximum atomic E-state index is 12.3. The predicted molar refractivity (Wildman–Crippen MR) is 111 cm³/mol. The van der Waals surface area contributed by atoms with E-state index in [9.17, 15) is 4.79 Å². The van der Waals surface area contributed by atoms with Crippen LogP contribution < -0.4 is 0 Å². The Labute approximate surface area is 171 Å². The van der Waals surface area contributed by atoms with Gasteiger partial charge in [0.2, 0.25) is 0 Å². The van der Waals surface area contributed by atoms with E-state index in [0.29, 0.717) is 5.92 Å². The van der Waals surface area contributed by atoms with Crippen molar-refractivity contribution in [3.63, 3.8) is 0 Å². The van der Waals surface area contributed by atoms with E-state index in [4.69, 9.17) is 4.74 Å². The molecule has 2 aliphatic rings. The molecule has 0 atom stereocenters. The quantitative estimate of drug-likeness (QED) is 0.488. The van der Waals surface area contributed by atoms with Gasteiger partial charge in [-0.25, -0.2) is 0 Å². The van der Waals surface area contributed by atoms with Gasteiger partial charge in [0.15, 0.2) is 5.16 Å². The molecule has 0 N–H and O–H groups in total. The lowest BCUT2D eigenvalue weighted by Crippen LogP contribution is -2.22. The Kier molecular flexibility index (Phi) is 6.68. The largest absolute Gasteiger partial charge is 0.462 e. The molecule has 150 valence electrons. The molecular weight excluding hydrogens is 370 g/mol. The number of hydrogen-bond donors (Lipinski definition) is 0. The molecule has 1 heterocycles. The van der Waals surface area contributed by atoms with Crippen molar-refractivity contribution in [3.8, 4) is 5.69 Å². The first-order chi connectivity index (χ1) is 13.8. The molecule has 2 saturated carbocycles. The van der Waals surface area contributed by atoms with Gasteiger partial charge in [0, 0.05) is 11.6 Å². The summed E-state index contributed by atoms with van der Waals surface area (Å²) < 4.78 is 7.81. The Morgan fingerprint density at radius 1 is 0.964 bits per heavy atom. The Morgan fingerprint density at radius 2 is 1.64 bits per heavy atom. The summed E-state index contributed by atoms with van der Waals surface area (Å²) in [6.07, 6.45) is 11.8. The Morgan fingerprint density at radius 3 is 2.36 bits per heavy atom. The lowest BCUT2D eigenvalue weighted by Gasteiger charge is -2.22. The summed E-state index contributed by atoms with van der Waals surface area (Å²) in [5.41, 5.74) is 1.07. The minimum atomic E-state index is -0.140. The predicted octanol–water partition coefficient (Wildman–Crippen LogP) is 5.28. The average molecular weight is 400 g/mol. The summed E-state index contributed by atoms with van der Waals surface area (Å²) >= 11 is 1.44. The first-order valence-electron chi connectivity index (χ1n) is 10.6. The van der Waals surface area contributed by atoms with Gasteiger partial charge in [-0.3, -0.25) is 9.36 Å². The Hall–Kier alpha value is -1.82. The second kappa shape index (κ2) is 9.59. The van der Waals surface area contributed by atoms with E-state index in [-0.39, 0.29) is 17.8 Å². The Balaban J connectivity index is 1.48. The van der Waals surface area contributed by atoms with Crippen LogP contribution in [0.1, 0.15) is 76.0 Å². The molecule has 28 heavy (non-hydrogen) atoms. The molecule has 0 amide bonds. The van der Waals surface area contributed by atoms with E-state index in [1.165, 1.54) is 50.3 Å². The average Bonchev–Trinajstić information content (AvgIpc) is 3.18. The van der Waals surface area contributed by atoms with Crippen molar-refractivity contribution in [2.45, 2.75) is 81.4 Å². The van der Waals surface area contributed by atoms with E-state index < -0.39 is 0 Å². The molecule has 0 spiro atoms.